The lowest BCUT2D eigenvalue weighted by Gasteiger charge is -2.09. The van der Waals surface area contributed by atoms with Crippen molar-refractivity contribution < 1.29 is 14.6 Å². The maximum atomic E-state index is 11.5. The van der Waals surface area contributed by atoms with Crippen molar-refractivity contribution in [2.75, 3.05) is 12.8 Å². The Morgan fingerprint density at radius 1 is 1.53 bits per heavy atom. The summed E-state index contributed by atoms with van der Waals surface area (Å²) in [4.78, 5) is 14.6. The summed E-state index contributed by atoms with van der Waals surface area (Å²) in [6.45, 7) is 3.56. The number of carbonyl (C=O) groups excluding carboxylic acids is 1. The molecule has 5 heteroatoms. The molecular formula is C14H18N2O3. The molecule has 0 aliphatic heterocycles. The van der Waals surface area contributed by atoms with Crippen molar-refractivity contribution in [3.63, 3.8) is 0 Å². The van der Waals surface area contributed by atoms with Gasteiger partial charge >= 0.3 is 5.97 Å². The van der Waals surface area contributed by atoms with Crippen molar-refractivity contribution in [2.24, 2.45) is 0 Å². The molecule has 0 amide bonds. The average Bonchev–Trinajstić information content (AvgIpc) is 2.63. The Balaban J connectivity index is 2.60. The number of nitrogens with two attached hydrogens (primary N) is 1. The number of esters is 1. The van der Waals surface area contributed by atoms with Crippen LogP contribution in [0.3, 0.4) is 0 Å². The van der Waals surface area contributed by atoms with Crippen LogP contribution in [-0.4, -0.2) is 23.2 Å². The number of anilines is 1. The number of hydrogen-bond donors (Lipinski definition) is 3. The first-order chi connectivity index (χ1) is 8.93. The molecule has 19 heavy (non-hydrogen) atoms. The second kappa shape index (κ2) is 4.93. The summed E-state index contributed by atoms with van der Waals surface area (Å²) >= 11 is 0. The number of methoxy groups -OCH3 is 1. The smallest absolute Gasteiger partial charge is 0.310 e. The lowest BCUT2D eigenvalue weighted by atomic mass is 10.0. The molecular weight excluding hydrogens is 244 g/mol. The van der Waals surface area contributed by atoms with Gasteiger partial charge in [0.1, 0.15) is 0 Å². The van der Waals surface area contributed by atoms with Crippen LogP contribution in [-0.2, 0) is 16.0 Å². The van der Waals surface area contributed by atoms with E-state index in [1.54, 1.807) is 13.0 Å². The van der Waals surface area contributed by atoms with Gasteiger partial charge in [0.2, 0.25) is 0 Å². The molecule has 1 aromatic carbocycles. The van der Waals surface area contributed by atoms with Gasteiger partial charge in [0.05, 0.1) is 19.6 Å². The molecule has 0 aliphatic rings. The fourth-order valence-electron chi connectivity index (χ4n) is 2.27. The van der Waals surface area contributed by atoms with Gasteiger partial charge in [-0.05, 0) is 31.5 Å². The molecule has 102 valence electrons. The second-order valence-corrected chi connectivity index (χ2v) is 4.68. The summed E-state index contributed by atoms with van der Waals surface area (Å²) in [5, 5.41) is 10.6. The Morgan fingerprint density at radius 2 is 2.21 bits per heavy atom. The van der Waals surface area contributed by atoms with Gasteiger partial charge < -0.3 is 20.6 Å². The van der Waals surface area contributed by atoms with Gasteiger partial charge in [0.25, 0.3) is 0 Å². The van der Waals surface area contributed by atoms with Crippen molar-refractivity contribution in [1.29, 1.82) is 0 Å². The van der Waals surface area contributed by atoms with E-state index in [4.69, 9.17) is 10.5 Å². The highest BCUT2D eigenvalue weighted by Gasteiger charge is 2.16. The zero-order valence-electron chi connectivity index (χ0n) is 11.3. The van der Waals surface area contributed by atoms with E-state index in [0.717, 1.165) is 22.2 Å². The lowest BCUT2D eigenvalue weighted by Crippen LogP contribution is -2.05. The molecule has 1 atom stereocenters. The largest absolute Gasteiger partial charge is 0.469 e. The van der Waals surface area contributed by atoms with Gasteiger partial charge in [-0.3, -0.25) is 4.79 Å². The Kier molecular flexibility index (Phi) is 3.48. The molecule has 4 N–H and O–H groups in total. The second-order valence-electron chi connectivity index (χ2n) is 4.68. The van der Waals surface area contributed by atoms with Crippen molar-refractivity contribution in [3.05, 3.63) is 29.0 Å². The summed E-state index contributed by atoms with van der Waals surface area (Å²) in [7, 11) is 1.37. The normalized spacial score (nSPS) is 12.6. The Bertz CT molecular complexity index is 629. The third kappa shape index (κ3) is 2.42. The number of aryl methyl sites for hydroxylation is 1. The monoisotopic (exact) mass is 262 g/mol. The number of carbonyl (C=O) groups is 1. The van der Waals surface area contributed by atoms with Crippen LogP contribution in [0.25, 0.3) is 10.9 Å². The summed E-state index contributed by atoms with van der Waals surface area (Å²) < 4.78 is 4.70. The van der Waals surface area contributed by atoms with Gasteiger partial charge in [0.15, 0.2) is 0 Å². The summed E-state index contributed by atoms with van der Waals surface area (Å²) in [6, 6.07) is 3.61. The van der Waals surface area contributed by atoms with Gasteiger partial charge in [-0.2, -0.15) is 0 Å². The number of aromatic amines is 1. The van der Waals surface area contributed by atoms with E-state index in [9.17, 15) is 9.90 Å². The number of nitrogen functional groups attached to an aromatic ring is 1. The minimum Gasteiger partial charge on any atom is -0.469 e. The molecule has 0 saturated carbocycles. The van der Waals surface area contributed by atoms with E-state index >= 15 is 0 Å². The van der Waals surface area contributed by atoms with Gasteiger partial charge in [0, 0.05) is 27.8 Å². The molecule has 0 fully saturated rings. The van der Waals surface area contributed by atoms with E-state index in [1.807, 2.05) is 13.0 Å². The zero-order valence-corrected chi connectivity index (χ0v) is 11.3. The van der Waals surface area contributed by atoms with E-state index in [1.165, 1.54) is 7.11 Å². The lowest BCUT2D eigenvalue weighted by molar-refractivity contribution is -0.139. The first-order valence-electron chi connectivity index (χ1n) is 6.09. The topological polar surface area (TPSA) is 88.3 Å². The molecule has 2 rings (SSSR count). The number of H-pyrrole nitrogens is 1. The van der Waals surface area contributed by atoms with Crippen LogP contribution in [0.1, 0.15) is 29.8 Å². The number of benzene rings is 1. The summed E-state index contributed by atoms with van der Waals surface area (Å²) in [6.07, 6.45) is -0.448. The van der Waals surface area contributed by atoms with Crippen LogP contribution in [0.5, 0.6) is 0 Å². The van der Waals surface area contributed by atoms with E-state index in [2.05, 4.69) is 4.98 Å². The molecule has 2 aromatic rings. The maximum Gasteiger partial charge on any atom is 0.310 e. The standard InChI is InChI=1S/C14H18N2O3/c1-7-9(5-14(18)19-3)11-4-10(8(2)17)12(15)6-13(11)16-7/h4,6,8,16-17H,5,15H2,1-3H3. The molecule has 0 bridgehead atoms. The van der Waals surface area contributed by atoms with Crippen LogP contribution in [0.15, 0.2) is 12.1 Å². The van der Waals surface area contributed by atoms with E-state index in [0.29, 0.717) is 11.3 Å². The Labute approximate surface area is 111 Å². The quantitative estimate of drug-likeness (QED) is 0.581. The van der Waals surface area contributed by atoms with Crippen LogP contribution >= 0.6 is 0 Å². The number of ether oxygens (including phenoxy) is 1. The SMILES string of the molecule is COC(=O)Cc1c(C)[nH]c2cc(N)c(C(C)O)cc12. The molecule has 0 radical (unpaired) electrons. The number of fused-ring (bicyclic) bond motifs is 1. The predicted octanol–water partition coefficient (Wildman–Crippen LogP) is 1.83. The number of rotatable bonds is 3. The van der Waals surface area contributed by atoms with Crippen LogP contribution in [0.4, 0.5) is 5.69 Å². The molecule has 1 heterocycles. The highest BCUT2D eigenvalue weighted by Crippen LogP contribution is 2.30. The Morgan fingerprint density at radius 3 is 2.79 bits per heavy atom. The molecule has 0 aliphatic carbocycles. The number of aromatic nitrogens is 1. The van der Waals surface area contributed by atoms with Crippen LogP contribution < -0.4 is 5.73 Å². The highest BCUT2D eigenvalue weighted by atomic mass is 16.5. The van der Waals surface area contributed by atoms with E-state index < -0.39 is 6.10 Å². The van der Waals surface area contributed by atoms with Gasteiger partial charge in [-0.1, -0.05) is 0 Å². The molecule has 1 unspecified atom stereocenters. The fraction of sp³-hybridized carbons (Fsp3) is 0.357. The van der Waals surface area contributed by atoms with Gasteiger partial charge in [-0.15, -0.1) is 0 Å². The molecule has 0 saturated heterocycles. The summed E-state index contributed by atoms with van der Waals surface area (Å²) in [5.41, 5.74) is 9.75. The maximum absolute atomic E-state index is 11.5. The first-order valence-corrected chi connectivity index (χ1v) is 6.09. The molecule has 1 aromatic heterocycles. The highest BCUT2D eigenvalue weighted by molar-refractivity contribution is 5.91. The average molecular weight is 262 g/mol. The van der Waals surface area contributed by atoms with Crippen molar-refractivity contribution in [1.82, 2.24) is 4.98 Å². The van der Waals surface area contributed by atoms with Gasteiger partial charge in [-0.25, -0.2) is 0 Å². The predicted molar refractivity (Wildman–Crippen MR) is 73.8 cm³/mol. The number of aliphatic hydroxyl groups is 1. The van der Waals surface area contributed by atoms with Crippen molar-refractivity contribution in [3.8, 4) is 0 Å². The minimum atomic E-state index is -0.648. The number of nitrogens with one attached hydrogen (secondary N) is 1. The molecule has 0 spiro atoms. The zero-order chi connectivity index (χ0) is 14.2. The van der Waals surface area contributed by atoms with Crippen LogP contribution in [0, 0.1) is 6.92 Å². The van der Waals surface area contributed by atoms with Crippen LogP contribution in [0.2, 0.25) is 0 Å². The third-order valence-electron chi connectivity index (χ3n) is 3.32. The van der Waals surface area contributed by atoms with E-state index in [-0.39, 0.29) is 12.4 Å². The summed E-state index contributed by atoms with van der Waals surface area (Å²) in [5.74, 6) is -0.292. The third-order valence-corrected chi connectivity index (χ3v) is 3.32. The fourth-order valence-corrected chi connectivity index (χ4v) is 2.27. The number of aliphatic hydroxyl groups excluding tert-OH is 1. The Hall–Kier alpha value is -2.01. The first kappa shape index (κ1) is 13.4. The molecule has 5 nitrogen and oxygen atoms in total. The number of hydrogen-bond acceptors (Lipinski definition) is 4. The van der Waals surface area contributed by atoms with Crippen molar-refractivity contribution >= 4 is 22.6 Å². The van der Waals surface area contributed by atoms with Crippen molar-refractivity contribution in [2.45, 2.75) is 26.4 Å². The minimum absolute atomic E-state index is 0.200.